The molecule has 172 valence electrons. The van der Waals surface area contributed by atoms with Crippen molar-refractivity contribution in [3.05, 3.63) is 53.1 Å². The average Bonchev–Trinajstić information content (AvgIpc) is 2.78. The predicted octanol–water partition coefficient (Wildman–Crippen LogP) is 2.87. The fourth-order valence-electron chi connectivity index (χ4n) is 3.54. The first-order valence-corrected chi connectivity index (χ1v) is 12.0. The third kappa shape index (κ3) is 4.46. The van der Waals surface area contributed by atoms with Gasteiger partial charge in [-0.05, 0) is 30.3 Å². The lowest BCUT2D eigenvalue weighted by Crippen LogP contribution is -2.50. The number of carbonyl (C=O) groups is 2. The van der Waals surface area contributed by atoms with Crippen LogP contribution in [-0.2, 0) is 14.8 Å². The molecule has 0 aliphatic carbocycles. The minimum atomic E-state index is -3.87. The van der Waals surface area contributed by atoms with Crippen LogP contribution in [0.1, 0.15) is 24.2 Å². The summed E-state index contributed by atoms with van der Waals surface area (Å²) in [6, 6.07) is 11.1. The second-order valence-corrected chi connectivity index (χ2v) is 9.77. The van der Waals surface area contributed by atoms with Crippen LogP contribution in [0.2, 0.25) is 5.02 Å². The van der Waals surface area contributed by atoms with E-state index in [9.17, 15) is 18.0 Å². The zero-order valence-corrected chi connectivity index (χ0v) is 20.0. The van der Waals surface area contributed by atoms with Crippen molar-refractivity contribution < 1.29 is 22.7 Å². The Hall–Kier alpha value is -2.62. The first-order chi connectivity index (χ1) is 15.1. The topological polar surface area (TPSA) is 87.2 Å². The number of carbonyl (C=O) groups excluding carboxylic acids is 2. The SMILES string of the molecule is CCN(CC)S(=O)(=O)c1cc(C(=O)N2C[C@@H](C(=O)N(C)C)Oc3ccccc32)ccc1Cl. The van der Waals surface area contributed by atoms with E-state index in [2.05, 4.69) is 0 Å². The van der Waals surface area contributed by atoms with E-state index in [1.807, 2.05) is 0 Å². The lowest BCUT2D eigenvalue weighted by Gasteiger charge is -2.35. The Balaban J connectivity index is 2.04. The van der Waals surface area contributed by atoms with Crippen LogP contribution in [0.5, 0.6) is 5.75 Å². The predicted molar refractivity (Wildman–Crippen MR) is 123 cm³/mol. The van der Waals surface area contributed by atoms with Crippen molar-refractivity contribution in [2.75, 3.05) is 38.6 Å². The van der Waals surface area contributed by atoms with E-state index >= 15 is 0 Å². The van der Waals surface area contributed by atoms with Gasteiger partial charge in [-0.3, -0.25) is 9.59 Å². The molecule has 0 aromatic heterocycles. The Morgan fingerprint density at radius 1 is 1.12 bits per heavy atom. The highest BCUT2D eigenvalue weighted by atomic mass is 35.5. The Morgan fingerprint density at radius 2 is 1.78 bits per heavy atom. The summed E-state index contributed by atoms with van der Waals surface area (Å²) in [7, 11) is -0.643. The lowest BCUT2D eigenvalue weighted by molar-refractivity contribution is -0.135. The van der Waals surface area contributed by atoms with Gasteiger partial charge in [0.2, 0.25) is 10.0 Å². The van der Waals surface area contributed by atoms with Crippen LogP contribution in [0.4, 0.5) is 5.69 Å². The molecule has 0 spiro atoms. The Bertz CT molecular complexity index is 1130. The van der Waals surface area contributed by atoms with Crippen LogP contribution in [-0.4, -0.2) is 69.3 Å². The average molecular weight is 480 g/mol. The number of sulfonamides is 1. The Morgan fingerprint density at radius 3 is 2.41 bits per heavy atom. The maximum Gasteiger partial charge on any atom is 0.265 e. The van der Waals surface area contributed by atoms with Crippen molar-refractivity contribution in [1.29, 1.82) is 0 Å². The number of hydrogen-bond donors (Lipinski definition) is 0. The highest BCUT2D eigenvalue weighted by Crippen LogP contribution is 2.35. The number of ether oxygens (including phenoxy) is 1. The minimum absolute atomic E-state index is 0.00633. The number of hydrogen-bond acceptors (Lipinski definition) is 5. The summed E-state index contributed by atoms with van der Waals surface area (Å²) in [5.74, 6) is -0.333. The van der Waals surface area contributed by atoms with Gasteiger partial charge in [-0.1, -0.05) is 37.6 Å². The first-order valence-electron chi connectivity index (χ1n) is 10.2. The normalized spacial score (nSPS) is 15.8. The van der Waals surface area contributed by atoms with E-state index < -0.39 is 22.0 Å². The van der Waals surface area contributed by atoms with Gasteiger partial charge in [-0.2, -0.15) is 4.31 Å². The number of benzene rings is 2. The molecular weight excluding hydrogens is 454 g/mol. The monoisotopic (exact) mass is 479 g/mol. The molecule has 1 atom stereocenters. The molecule has 0 radical (unpaired) electrons. The Labute approximate surface area is 193 Å². The molecular formula is C22H26ClN3O5S. The van der Waals surface area contributed by atoms with Gasteiger partial charge in [0.1, 0.15) is 10.6 Å². The summed E-state index contributed by atoms with van der Waals surface area (Å²) < 4.78 is 33.2. The van der Waals surface area contributed by atoms with Gasteiger partial charge in [-0.15, -0.1) is 0 Å². The van der Waals surface area contributed by atoms with Crippen LogP contribution >= 0.6 is 11.6 Å². The summed E-state index contributed by atoms with van der Waals surface area (Å²) in [4.78, 5) is 28.7. The quantitative estimate of drug-likeness (QED) is 0.635. The summed E-state index contributed by atoms with van der Waals surface area (Å²) in [6.45, 7) is 4.01. The third-order valence-corrected chi connectivity index (χ3v) is 7.77. The molecule has 2 aromatic rings. The largest absolute Gasteiger partial charge is 0.476 e. The van der Waals surface area contributed by atoms with Crippen molar-refractivity contribution in [3.63, 3.8) is 0 Å². The zero-order chi connectivity index (χ0) is 23.6. The maximum absolute atomic E-state index is 13.5. The molecule has 2 aromatic carbocycles. The lowest BCUT2D eigenvalue weighted by atomic mass is 10.1. The standard InChI is InChI=1S/C22H26ClN3O5S/c1-5-25(6-2)32(29,30)20-13-15(11-12-16(20)23)21(27)26-14-19(22(28)24(3)4)31-18-10-8-7-9-17(18)26/h7-13,19H,5-6,14H2,1-4H3/t19-/m0/s1. The van der Waals surface area contributed by atoms with E-state index in [-0.39, 0.29) is 41.0 Å². The number of rotatable bonds is 6. The van der Waals surface area contributed by atoms with Gasteiger partial charge in [0.05, 0.1) is 17.3 Å². The fraction of sp³-hybridized carbons (Fsp3) is 0.364. The molecule has 32 heavy (non-hydrogen) atoms. The summed E-state index contributed by atoms with van der Waals surface area (Å²) >= 11 is 6.21. The molecule has 0 saturated carbocycles. The van der Waals surface area contributed by atoms with Gasteiger partial charge in [0, 0.05) is 32.7 Å². The molecule has 1 aliphatic rings. The van der Waals surface area contributed by atoms with E-state index in [4.69, 9.17) is 16.3 Å². The number of nitrogens with zero attached hydrogens (tertiary/aromatic N) is 3. The second-order valence-electron chi connectivity index (χ2n) is 7.46. The van der Waals surface area contributed by atoms with Crippen molar-refractivity contribution in [2.45, 2.75) is 24.8 Å². The van der Waals surface area contributed by atoms with Gasteiger partial charge >= 0.3 is 0 Å². The number of anilines is 1. The molecule has 1 heterocycles. The molecule has 0 saturated heterocycles. The van der Waals surface area contributed by atoms with Crippen LogP contribution in [0.15, 0.2) is 47.4 Å². The van der Waals surface area contributed by atoms with E-state index in [1.165, 1.54) is 32.3 Å². The minimum Gasteiger partial charge on any atom is -0.476 e. The maximum atomic E-state index is 13.5. The van der Waals surface area contributed by atoms with Crippen molar-refractivity contribution in [3.8, 4) is 5.75 Å². The van der Waals surface area contributed by atoms with Gasteiger partial charge in [0.15, 0.2) is 6.10 Å². The number of fused-ring (bicyclic) bond motifs is 1. The highest BCUT2D eigenvalue weighted by Gasteiger charge is 2.35. The fourth-order valence-corrected chi connectivity index (χ4v) is 5.49. The van der Waals surface area contributed by atoms with Gasteiger partial charge in [0.25, 0.3) is 11.8 Å². The molecule has 10 heteroatoms. The van der Waals surface area contributed by atoms with Crippen molar-refractivity contribution >= 4 is 39.1 Å². The first kappa shape index (κ1) is 24.0. The molecule has 0 fully saturated rings. The summed E-state index contributed by atoms with van der Waals surface area (Å²) in [6.07, 6.45) is -0.880. The van der Waals surface area contributed by atoms with Crippen LogP contribution in [0, 0.1) is 0 Å². The third-order valence-electron chi connectivity index (χ3n) is 5.24. The smallest absolute Gasteiger partial charge is 0.265 e. The van der Waals surface area contributed by atoms with E-state index in [1.54, 1.807) is 52.2 Å². The number of halogens is 1. The second kappa shape index (κ2) is 9.48. The number of amides is 2. The summed E-state index contributed by atoms with van der Waals surface area (Å²) in [5, 5.41) is 0.0384. The van der Waals surface area contributed by atoms with Crippen LogP contribution < -0.4 is 9.64 Å². The van der Waals surface area contributed by atoms with Crippen LogP contribution in [0.3, 0.4) is 0 Å². The molecule has 0 unspecified atom stereocenters. The molecule has 8 nitrogen and oxygen atoms in total. The van der Waals surface area contributed by atoms with Crippen molar-refractivity contribution in [2.24, 2.45) is 0 Å². The van der Waals surface area contributed by atoms with E-state index in [0.29, 0.717) is 11.4 Å². The number of para-hydroxylation sites is 2. The molecule has 3 rings (SSSR count). The van der Waals surface area contributed by atoms with Gasteiger partial charge < -0.3 is 14.5 Å². The van der Waals surface area contributed by atoms with E-state index in [0.717, 1.165) is 0 Å². The molecule has 2 amide bonds. The summed E-state index contributed by atoms with van der Waals surface area (Å²) in [5.41, 5.74) is 0.649. The van der Waals surface area contributed by atoms with Crippen molar-refractivity contribution in [1.82, 2.24) is 9.21 Å². The highest BCUT2D eigenvalue weighted by molar-refractivity contribution is 7.89. The molecule has 0 bridgehead atoms. The zero-order valence-electron chi connectivity index (χ0n) is 18.4. The number of likely N-dealkylation sites (N-methyl/N-ethyl adjacent to an activating group) is 1. The molecule has 0 N–H and O–H groups in total. The Kier molecular flexibility index (Phi) is 7.12. The molecule has 1 aliphatic heterocycles. The van der Waals surface area contributed by atoms with Crippen LogP contribution in [0.25, 0.3) is 0 Å². The van der Waals surface area contributed by atoms with Gasteiger partial charge in [-0.25, -0.2) is 8.42 Å².